The summed E-state index contributed by atoms with van der Waals surface area (Å²) in [7, 11) is -4.58. The molecule has 0 radical (unpaired) electrons. The molecular weight excluding hydrogens is 348 g/mol. The van der Waals surface area contributed by atoms with Crippen molar-refractivity contribution in [2.45, 2.75) is 12.5 Å². The predicted octanol–water partition coefficient (Wildman–Crippen LogP) is 2.29. The molecule has 0 bridgehead atoms. The number of nitro groups is 1. The molecule has 0 saturated carbocycles. The molecule has 0 aliphatic carbocycles. The van der Waals surface area contributed by atoms with E-state index in [9.17, 15) is 18.5 Å². The van der Waals surface area contributed by atoms with Crippen LogP contribution >= 0.6 is 0 Å². The third-order valence-corrected chi connectivity index (χ3v) is 3.95. The van der Waals surface area contributed by atoms with Crippen molar-refractivity contribution in [2.75, 3.05) is 13.1 Å². The highest BCUT2D eigenvalue weighted by Crippen LogP contribution is 2.18. The third kappa shape index (κ3) is 6.59. The summed E-state index contributed by atoms with van der Waals surface area (Å²) in [6, 6.07) is 14.9. The highest BCUT2D eigenvalue weighted by molar-refractivity contribution is 7.80. The molecule has 8 nitrogen and oxygen atoms in total. The Labute approximate surface area is 145 Å². The van der Waals surface area contributed by atoms with Gasteiger partial charge in [-0.15, -0.1) is 0 Å². The van der Waals surface area contributed by atoms with E-state index < -0.39 is 21.4 Å². The minimum Gasteiger partial charge on any atom is -0.313 e. The number of nitrogens with zero attached hydrogens (tertiary/aromatic N) is 1. The molecule has 1 atom stereocenters. The Balaban J connectivity index is 1.89. The van der Waals surface area contributed by atoms with Crippen molar-refractivity contribution < 1.29 is 22.1 Å². The van der Waals surface area contributed by atoms with E-state index in [0.29, 0.717) is 18.5 Å². The average molecular weight is 366 g/mol. The molecule has 0 aliphatic rings. The molecule has 0 amide bonds. The van der Waals surface area contributed by atoms with Crippen LogP contribution in [0.25, 0.3) is 0 Å². The Kier molecular flexibility index (Phi) is 6.59. The van der Waals surface area contributed by atoms with Crippen molar-refractivity contribution in [1.82, 2.24) is 5.32 Å². The van der Waals surface area contributed by atoms with Crippen LogP contribution in [0.4, 0.5) is 5.69 Å². The molecular formula is C16H18N2O6S. The van der Waals surface area contributed by atoms with Gasteiger partial charge >= 0.3 is 10.4 Å². The quantitative estimate of drug-likeness (QED) is 0.302. The molecule has 0 saturated heterocycles. The van der Waals surface area contributed by atoms with E-state index >= 15 is 0 Å². The second-order valence-corrected chi connectivity index (χ2v) is 6.35. The summed E-state index contributed by atoms with van der Waals surface area (Å²) in [6.45, 7) is 0.687. The number of rotatable bonds is 9. The SMILES string of the molecule is O=[N+]([O-])c1ccc(CCNC[C@H](OS(=O)(=O)O)c2ccccc2)cc1. The fraction of sp³-hybridized carbons (Fsp3) is 0.250. The van der Waals surface area contributed by atoms with Gasteiger partial charge in [0.2, 0.25) is 0 Å². The monoisotopic (exact) mass is 366 g/mol. The number of hydrogen-bond donors (Lipinski definition) is 2. The van der Waals surface area contributed by atoms with Crippen molar-refractivity contribution >= 4 is 16.1 Å². The summed E-state index contributed by atoms with van der Waals surface area (Å²) in [4.78, 5) is 10.1. The zero-order valence-corrected chi connectivity index (χ0v) is 14.1. The van der Waals surface area contributed by atoms with E-state index in [0.717, 1.165) is 5.56 Å². The van der Waals surface area contributed by atoms with Crippen LogP contribution in [0.15, 0.2) is 54.6 Å². The topological polar surface area (TPSA) is 119 Å². The summed E-state index contributed by atoms with van der Waals surface area (Å²) < 4.78 is 35.6. The predicted molar refractivity (Wildman–Crippen MR) is 91.5 cm³/mol. The zero-order chi connectivity index (χ0) is 18.3. The second kappa shape index (κ2) is 8.67. The van der Waals surface area contributed by atoms with Gasteiger partial charge in [0, 0.05) is 18.7 Å². The molecule has 2 N–H and O–H groups in total. The molecule has 0 spiro atoms. The van der Waals surface area contributed by atoms with Crippen molar-refractivity contribution in [3.8, 4) is 0 Å². The number of nitrogens with one attached hydrogen (secondary N) is 1. The van der Waals surface area contributed by atoms with Crippen molar-refractivity contribution in [1.29, 1.82) is 0 Å². The highest BCUT2D eigenvalue weighted by atomic mass is 32.3. The lowest BCUT2D eigenvalue weighted by Crippen LogP contribution is -2.26. The molecule has 0 fully saturated rings. The molecule has 0 unspecified atom stereocenters. The molecule has 9 heteroatoms. The van der Waals surface area contributed by atoms with Gasteiger partial charge in [0.05, 0.1) is 4.92 Å². The standard InChI is InChI=1S/C16H18N2O6S/c19-18(20)15-8-6-13(7-9-15)10-11-17-12-16(24-25(21,22)23)14-4-2-1-3-5-14/h1-9,16-17H,10-12H2,(H,21,22,23)/t16-/m0/s1. The van der Waals surface area contributed by atoms with E-state index in [1.54, 1.807) is 42.5 Å². The minimum absolute atomic E-state index is 0.0300. The average Bonchev–Trinajstić information content (AvgIpc) is 2.58. The Morgan fingerprint density at radius 3 is 2.32 bits per heavy atom. The van der Waals surface area contributed by atoms with E-state index in [4.69, 9.17) is 8.74 Å². The van der Waals surface area contributed by atoms with Gasteiger partial charge in [0.25, 0.3) is 5.69 Å². The maximum atomic E-state index is 11.0. The smallest absolute Gasteiger partial charge is 0.313 e. The van der Waals surface area contributed by atoms with Crippen LogP contribution in [-0.4, -0.2) is 31.0 Å². The van der Waals surface area contributed by atoms with Crippen LogP contribution in [0.3, 0.4) is 0 Å². The highest BCUT2D eigenvalue weighted by Gasteiger charge is 2.18. The van der Waals surface area contributed by atoms with Crippen LogP contribution in [0.2, 0.25) is 0 Å². The first-order valence-electron chi connectivity index (χ1n) is 7.50. The lowest BCUT2D eigenvalue weighted by molar-refractivity contribution is -0.384. The first-order valence-corrected chi connectivity index (χ1v) is 8.86. The van der Waals surface area contributed by atoms with Crippen molar-refractivity contribution in [3.05, 3.63) is 75.8 Å². The van der Waals surface area contributed by atoms with Gasteiger partial charge in [-0.25, -0.2) is 4.18 Å². The van der Waals surface area contributed by atoms with Gasteiger partial charge in [0.15, 0.2) is 0 Å². The summed E-state index contributed by atoms with van der Waals surface area (Å²) in [6.07, 6.45) is -0.251. The maximum absolute atomic E-state index is 11.0. The molecule has 2 rings (SSSR count). The summed E-state index contributed by atoms with van der Waals surface area (Å²) in [5.41, 5.74) is 1.55. The van der Waals surface area contributed by atoms with Crippen LogP contribution < -0.4 is 5.32 Å². The molecule has 0 aromatic heterocycles. The van der Waals surface area contributed by atoms with Gasteiger partial charge in [-0.05, 0) is 24.1 Å². The van der Waals surface area contributed by atoms with Gasteiger partial charge < -0.3 is 5.32 Å². The lowest BCUT2D eigenvalue weighted by Gasteiger charge is -2.16. The first kappa shape index (κ1) is 19.0. The fourth-order valence-electron chi connectivity index (χ4n) is 2.27. The molecule has 0 aliphatic heterocycles. The van der Waals surface area contributed by atoms with E-state index in [1.165, 1.54) is 12.1 Å². The molecule has 0 heterocycles. The summed E-state index contributed by atoms with van der Waals surface area (Å²) in [5, 5.41) is 13.7. The van der Waals surface area contributed by atoms with Crippen LogP contribution in [0.5, 0.6) is 0 Å². The summed E-state index contributed by atoms with van der Waals surface area (Å²) in [5.74, 6) is 0. The molecule has 134 valence electrons. The van der Waals surface area contributed by atoms with Gasteiger partial charge in [0.1, 0.15) is 6.10 Å². The maximum Gasteiger partial charge on any atom is 0.397 e. The molecule has 2 aromatic carbocycles. The molecule has 25 heavy (non-hydrogen) atoms. The molecule has 2 aromatic rings. The van der Waals surface area contributed by atoms with Gasteiger partial charge in [-0.1, -0.05) is 42.5 Å². The van der Waals surface area contributed by atoms with Crippen LogP contribution in [0, 0.1) is 10.1 Å². The minimum atomic E-state index is -4.58. The largest absolute Gasteiger partial charge is 0.397 e. The van der Waals surface area contributed by atoms with Crippen molar-refractivity contribution in [3.63, 3.8) is 0 Å². The summed E-state index contributed by atoms with van der Waals surface area (Å²) >= 11 is 0. The van der Waals surface area contributed by atoms with Crippen molar-refractivity contribution in [2.24, 2.45) is 0 Å². The Morgan fingerprint density at radius 2 is 1.76 bits per heavy atom. The normalized spacial score (nSPS) is 12.7. The third-order valence-electron chi connectivity index (χ3n) is 3.48. The number of hydrogen-bond acceptors (Lipinski definition) is 6. The van der Waals surface area contributed by atoms with E-state index in [2.05, 4.69) is 5.32 Å². The van der Waals surface area contributed by atoms with E-state index in [1.807, 2.05) is 0 Å². The Morgan fingerprint density at radius 1 is 1.12 bits per heavy atom. The first-order chi connectivity index (χ1) is 11.8. The number of benzene rings is 2. The van der Waals surface area contributed by atoms with Gasteiger partial charge in [-0.2, -0.15) is 8.42 Å². The van der Waals surface area contributed by atoms with Crippen LogP contribution in [-0.2, 0) is 21.0 Å². The van der Waals surface area contributed by atoms with Gasteiger partial charge in [-0.3, -0.25) is 14.7 Å². The lowest BCUT2D eigenvalue weighted by atomic mass is 10.1. The Bertz CT molecular complexity index is 793. The Hall–Kier alpha value is -2.33. The zero-order valence-electron chi connectivity index (χ0n) is 13.2. The fourth-order valence-corrected chi connectivity index (χ4v) is 2.74. The number of nitro benzene ring substituents is 1. The number of non-ortho nitro benzene ring substituents is 1. The second-order valence-electron chi connectivity index (χ2n) is 5.30. The van der Waals surface area contributed by atoms with Crippen LogP contribution in [0.1, 0.15) is 17.2 Å². The van der Waals surface area contributed by atoms with E-state index in [-0.39, 0.29) is 12.2 Å².